The average molecular weight is 559 g/mol. The van der Waals surface area contributed by atoms with Gasteiger partial charge in [0.25, 0.3) is 11.8 Å². The Balaban J connectivity index is 1.50. The summed E-state index contributed by atoms with van der Waals surface area (Å²) < 4.78 is 14.0. The topological polar surface area (TPSA) is 75.3 Å². The molecule has 4 aromatic rings. The Morgan fingerprint density at radius 2 is 1.49 bits per heavy atom. The summed E-state index contributed by atoms with van der Waals surface area (Å²) in [7, 11) is 0. The molecule has 0 spiro atoms. The molecule has 8 heteroatoms. The minimum atomic E-state index is -0.576. The standard InChI is InChI=1S/C31H21Cl2FN2O3/c32-23-9-4-6-20(18-23)19-28(36-30(38)22-7-2-1-3-8-22)31(39)35-24-14-12-21(13-15-24)29(37)17-16-25-26(33)10-5-11-27(25)34/h1-19H,(H,35,39)(H,36,38)/b17-16+,28-19-. The highest BCUT2D eigenvalue weighted by atomic mass is 35.5. The molecule has 0 atom stereocenters. The molecule has 4 aromatic carbocycles. The molecule has 0 bridgehead atoms. The summed E-state index contributed by atoms with van der Waals surface area (Å²) >= 11 is 12.1. The number of nitrogens with one attached hydrogen (secondary N) is 2. The first kappa shape index (κ1) is 27.5. The first-order valence-electron chi connectivity index (χ1n) is 11.7. The highest BCUT2D eigenvalue weighted by molar-refractivity contribution is 6.32. The van der Waals surface area contributed by atoms with Crippen LogP contribution in [0.1, 0.15) is 31.8 Å². The fourth-order valence-electron chi connectivity index (χ4n) is 3.55. The fraction of sp³-hybridized carbons (Fsp3) is 0. The third-order valence-electron chi connectivity index (χ3n) is 5.52. The van der Waals surface area contributed by atoms with Crippen LogP contribution in [0.25, 0.3) is 12.2 Å². The molecule has 5 nitrogen and oxygen atoms in total. The van der Waals surface area contributed by atoms with Gasteiger partial charge in [0.15, 0.2) is 5.78 Å². The van der Waals surface area contributed by atoms with E-state index in [4.69, 9.17) is 23.2 Å². The van der Waals surface area contributed by atoms with E-state index in [9.17, 15) is 18.8 Å². The maximum absolute atomic E-state index is 14.0. The lowest BCUT2D eigenvalue weighted by molar-refractivity contribution is -0.113. The Kier molecular flexibility index (Phi) is 9.05. The van der Waals surface area contributed by atoms with Crippen molar-refractivity contribution in [2.45, 2.75) is 0 Å². The van der Waals surface area contributed by atoms with E-state index in [-0.39, 0.29) is 22.1 Å². The molecular weight excluding hydrogens is 538 g/mol. The zero-order valence-corrected chi connectivity index (χ0v) is 21.8. The lowest BCUT2D eigenvalue weighted by Crippen LogP contribution is -2.30. The second-order valence-corrected chi connectivity index (χ2v) is 9.14. The Bertz CT molecular complexity index is 1560. The molecule has 0 saturated carbocycles. The van der Waals surface area contributed by atoms with Gasteiger partial charge in [0.05, 0.1) is 5.02 Å². The monoisotopic (exact) mass is 558 g/mol. The number of amides is 2. The van der Waals surface area contributed by atoms with Crippen molar-refractivity contribution in [2.75, 3.05) is 5.32 Å². The second kappa shape index (κ2) is 12.8. The number of hydrogen-bond donors (Lipinski definition) is 2. The number of halogens is 3. The van der Waals surface area contributed by atoms with Gasteiger partial charge in [0, 0.05) is 27.4 Å². The quantitative estimate of drug-likeness (QED) is 0.174. The van der Waals surface area contributed by atoms with Crippen molar-refractivity contribution in [1.29, 1.82) is 0 Å². The van der Waals surface area contributed by atoms with Crippen molar-refractivity contribution in [2.24, 2.45) is 0 Å². The lowest BCUT2D eigenvalue weighted by atomic mass is 10.1. The van der Waals surface area contributed by atoms with Crippen LogP contribution in [0, 0.1) is 5.82 Å². The smallest absolute Gasteiger partial charge is 0.272 e. The van der Waals surface area contributed by atoms with E-state index in [1.165, 1.54) is 48.6 Å². The van der Waals surface area contributed by atoms with Crippen LogP contribution in [0.4, 0.5) is 10.1 Å². The van der Waals surface area contributed by atoms with Gasteiger partial charge in [0.2, 0.25) is 0 Å². The maximum Gasteiger partial charge on any atom is 0.272 e. The maximum atomic E-state index is 14.0. The van der Waals surface area contributed by atoms with Gasteiger partial charge in [-0.25, -0.2) is 4.39 Å². The van der Waals surface area contributed by atoms with E-state index in [2.05, 4.69) is 10.6 Å². The summed E-state index contributed by atoms with van der Waals surface area (Å²) in [5.41, 5.74) is 1.83. The first-order chi connectivity index (χ1) is 18.8. The summed E-state index contributed by atoms with van der Waals surface area (Å²) in [6.45, 7) is 0. The van der Waals surface area contributed by atoms with E-state index in [1.54, 1.807) is 66.7 Å². The number of allylic oxidation sites excluding steroid dienone is 1. The van der Waals surface area contributed by atoms with Crippen LogP contribution in [0.15, 0.2) is 109 Å². The molecule has 0 heterocycles. The van der Waals surface area contributed by atoms with Crippen molar-refractivity contribution in [3.05, 3.63) is 147 Å². The van der Waals surface area contributed by atoms with Gasteiger partial charge in [-0.1, -0.05) is 59.6 Å². The van der Waals surface area contributed by atoms with E-state index in [1.807, 2.05) is 0 Å². The van der Waals surface area contributed by atoms with Crippen LogP contribution in [-0.2, 0) is 4.79 Å². The number of ketones is 1. The van der Waals surface area contributed by atoms with Crippen LogP contribution < -0.4 is 10.6 Å². The van der Waals surface area contributed by atoms with Gasteiger partial charge in [-0.15, -0.1) is 0 Å². The third-order valence-corrected chi connectivity index (χ3v) is 6.08. The second-order valence-electron chi connectivity index (χ2n) is 8.30. The van der Waals surface area contributed by atoms with Crippen LogP contribution in [0.3, 0.4) is 0 Å². The minimum Gasteiger partial charge on any atom is -0.321 e. The molecule has 2 amide bonds. The normalized spacial score (nSPS) is 11.3. The summed E-state index contributed by atoms with van der Waals surface area (Å²) in [5.74, 6) is -1.94. The predicted molar refractivity (Wildman–Crippen MR) is 153 cm³/mol. The molecule has 2 N–H and O–H groups in total. The highest BCUT2D eigenvalue weighted by Gasteiger charge is 2.15. The summed E-state index contributed by atoms with van der Waals surface area (Å²) in [6, 6.07) is 25.7. The molecule has 0 aliphatic rings. The molecular formula is C31H21Cl2FN2O3. The molecule has 0 saturated heterocycles. The molecule has 39 heavy (non-hydrogen) atoms. The van der Waals surface area contributed by atoms with Gasteiger partial charge in [0.1, 0.15) is 11.5 Å². The van der Waals surface area contributed by atoms with Gasteiger partial charge < -0.3 is 10.6 Å². The van der Waals surface area contributed by atoms with Crippen molar-refractivity contribution in [3.63, 3.8) is 0 Å². The number of hydrogen-bond acceptors (Lipinski definition) is 3. The Labute approximate surface area is 234 Å². The third kappa shape index (κ3) is 7.51. The zero-order chi connectivity index (χ0) is 27.8. The SMILES string of the molecule is O=C(Nc1ccc(C(=O)/C=C/c2c(F)cccc2Cl)cc1)/C(=C/c1cccc(Cl)c1)NC(=O)c1ccccc1. The van der Waals surface area contributed by atoms with Crippen molar-refractivity contribution in [3.8, 4) is 0 Å². The van der Waals surface area contributed by atoms with E-state index in [0.29, 0.717) is 27.4 Å². The number of benzene rings is 4. The predicted octanol–water partition coefficient (Wildman–Crippen LogP) is 7.44. The highest BCUT2D eigenvalue weighted by Crippen LogP contribution is 2.21. The lowest BCUT2D eigenvalue weighted by Gasteiger charge is -2.12. The van der Waals surface area contributed by atoms with E-state index < -0.39 is 17.6 Å². The Hall–Kier alpha value is -4.52. The molecule has 194 valence electrons. The van der Waals surface area contributed by atoms with Crippen molar-refractivity contribution >= 4 is 58.6 Å². The molecule has 0 radical (unpaired) electrons. The van der Waals surface area contributed by atoms with Gasteiger partial charge in [-0.3, -0.25) is 14.4 Å². The van der Waals surface area contributed by atoms with Crippen LogP contribution in [-0.4, -0.2) is 17.6 Å². The Morgan fingerprint density at radius 3 is 2.18 bits per heavy atom. The largest absolute Gasteiger partial charge is 0.321 e. The number of carbonyl (C=O) groups is 3. The van der Waals surface area contributed by atoms with Gasteiger partial charge in [-0.05, 0) is 84.5 Å². The Morgan fingerprint density at radius 1 is 0.769 bits per heavy atom. The molecule has 0 aliphatic carbocycles. The van der Waals surface area contributed by atoms with Gasteiger partial charge >= 0.3 is 0 Å². The summed E-state index contributed by atoms with van der Waals surface area (Å²) in [4.78, 5) is 38.5. The summed E-state index contributed by atoms with van der Waals surface area (Å²) in [6.07, 6.45) is 4.05. The zero-order valence-electron chi connectivity index (χ0n) is 20.3. The average Bonchev–Trinajstić information content (AvgIpc) is 2.93. The van der Waals surface area contributed by atoms with E-state index in [0.717, 1.165) is 0 Å². The van der Waals surface area contributed by atoms with Crippen LogP contribution >= 0.6 is 23.2 Å². The molecule has 4 rings (SSSR count). The number of carbonyl (C=O) groups excluding carboxylic acids is 3. The fourth-order valence-corrected chi connectivity index (χ4v) is 3.97. The molecule has 0 aliphatic heterocycles. The first-order valence-corrected chi connectivity index (χ1v) is 12.5. The van der Waals surface area contributed by atoms with Crippen molar-refractivity contribution < 1.29 is 18.8 Å². The summed E-state index contributed by atoms with van der Waals surface area (Å²) in [5, 5.41) is 6.05. The van der Waals surface area contributed by atoms with Crippen molar-refractivity contribution in [1.82, 2.24) is 5.32 Å². The van der Waals surface area contributed by atoms with Gasteiger partial charge in [-0.2, -0.15) is 0 Å². The van der Waals surface area contributed by atoms with E-state index >= 15 is 0 Å². The molecule has 0 aromatic heterocycles. The van der Waals surface area contributed by atoms with Crippen LogP contribution in [0.2, 0.25) is 10.0 Å². The number of anilines is 1. The minimum absolute atomic E-state index is 0.00373. The molecule has 0 fully saturated rings. The van der Waals surface area contributed by atoms with Crippen LogP contribution in [0.5, 0.6) is 0 Å². The molecule has 0 unspecified atom stereocenters. The number of rotatable bonds is 8.